The second-order valence-corrected chi connectivity index (χ2v) is 14.2. The minimum Gasteiger partial charge on any atom is -0.358 e. The maximum atomic E-state index is 14.3. The zero-order valence-electron chi connectivity index (χ0n) is 25.3. The van der Waals surface area contributed by atoms with Crippen LogP contribution in [0, 0.1) is 24.2 Å². The van der Waals surface area contributed by atoms with Gasteiger partial charge >= 0.3 is 6.18 Å². The summed E-state index contributed by atoms with van der Waals surface area (Å²) >= 11 is 0. The van der Waals surface area contributed by atoms with Gasteiger partial charge < -0.3 is 20.5 Å². The monoisotopic (exact) mass is 655 g/mol. The molecule has 1 unspecified atom stereocenters. The number of nitrogens with one attached hydrogen (secondary N) is 3. The van der Waals surface area contributed by atoms with E-state index in [4.69, 9.17) is 0 Å². The molecule has 250 valence electrons. The minimum atomic E-state index is -4.45. The number of likely N-dealkylation sites (tertiary alicyclic amines) is 1. The molecule has 6 aliphatic rings. The van der Waals surface area contributed by atoms with Gasteiger partial charge in [-0.2, -0.15) is 13.2 Å². The Kier molecular flexibility index (Phi) is 6.88. The van der Waals surface area contributed by atoms with Crippen LogP contribution in [0.5, 0.6) is 0 Å². The Morgan fingerprint density at radius 3 is 2.41 bits per heavy atom. The lowest BCUT2D eigenvalue weighted by Crippen LogP contribution is -2.73. The predicted molar refractivity (Wildman–Crippen MR) is 150 cm³/mol. The van der Waals surface area contributed by atoms with Gasteiger partial charge in [-0.25, -0.2) is 22.8 Å². The van der Waals surface area contributed by atoms with Crippen LogP contribution < -0.4 is 10.6 Å². The third-order valence-electron chi connectivity index (χ3n) is 10.9. The van der Waals surface area contributed by atoms with Gasteiger partial charge in [0.05, 0.1) is 34.6 Å². The highest BCUT2D eigenvalue weighted by molar-refractivity contribution is 5.93. The van der Waals surface area contributed by atoms with Crippen molar-refractivity contribution >= 4 is 23.7 Å². The molecule has 2 aromatic rings. The molecule has 5 fully saturated rings. The summed E-state index contributed by atoms with van der Waals surface area (Å²) in [6, 6.07) is -1.74. The number of aryl methyl sites for hydroxylation is 1. The van der Waals surface area contributed by atoms with Crippen molar-refractivity contribution in [1.82, 2.24) is 30.5 Å². The van der Waals surface area contributed by atoms with Crippen LogP contribution >= 0.6 is 0 Å². The number of fused-ring (bicyclic) bond motifs is 1. The van der Waals surface area contributed by atoms with Gasteiger partial charge in [-0.05, 0) is 75.9 Å². The number of hydrogen-bond acceptors (Lipinski definition) is 7. The van der Waals surface area contributed by atoms with E-state index in [1.54, 1.807) is 19.1 Å². The van der Waals surface area contributed by atoms with E-state index in [-0.39, 0.29) is 93.3 Å². The molecule has 4 atom stereocenters. The SMILES string of the molecule is Cc1nonc1C(=O)N[C@H](c1nc2c([nH]1)C=CC(C)([C@@H]1C[C@@H](C(F)(F)F)CCN1C(=O)C13CC(F)(C1)C3)N2)C1CCC(F)(F)CC1. The first-order valence-electron chi connectivity index (χ1n) is 15.6. The first-order valence-corrected chi connectivity index (χ1v) is 15.6. The maximum Gasteiger partial charge on any atom is 0.391 e. The molecule has 8 rings (SSSR count). The highest BCUT2D eigenvalue weighted by Crippen LogP contribution is 2.70. The van der Waals surface area contributed by atoms with Gasteiger partial charge in [0.2, 0.25) is 11.8 Å². The lowest BCUT2D eigenvalue weighted by Gasteiger charge is -2.66. The number of nitrogens with zero attached hydrogens (tertiary/aromatic N) is 4. The van der Waals surface area contributed by atoms with Crippen LogP contribution in [-0.4, -0.2) is 72.9 Å². The Morgan fingerprint density at radius 1 is 1.11 bits per heavy atom. The van der Waals surface area contributed by atoms with Gasteiger partial charge in [-0.15, -0.1) is 0 Å². The summed E-state index contributed by atoms with van der Waals surface area (Å²) in [5.74, 6) is -5.21. The molecule has 16 heteroatoms. The van der Waals surface area contributed by atoms with Crippen molar-refractivity contribution in [3.05, 3.63) is 29.0 Å². The van der Waals surface area contributed by atoms with E-state index < -0.39 is 58.5 Å². The number of imidazole rings is 1. The van der Waals surface area contributed by atoms with Gasteiger partial charge in [0.25, 0.3) is 5.91 Å². The zero-order chi connectivity index (χ0) is 32.9. The second-order valence-electron chi connectivity index (χ2n) is 14.2. The van der Waals surface area contributed by atoms with Crippen molar-refractivity contribution in [2.45, 2.75) is 107 Å². The fourth-order valence-electron chi connectivity index (χ4n) is 8.24. The van der Waals surface area contributed by atoms with Crippen LogP contribution in [0.4, 0.5) is 32.2 Å². The standard InChI is InChI=1S/C30H35F6N7O3/c1-15-20(42-46-41-15)24(44)38-21(16-3-8-29(32,33)9-4-16)23-37-18-5-7-26(2,40-22(18)39-23)19-11-17(30(34,35)36)6-10-43(19)25(45)27-12-28(31,13-27)14-27/h5,7,16-17,19,21,40H,3-4,6,8-14H2,1-2H3,(H,37,39)(H,38,44)/t17-,19-,21-,26?,27?,28?/m0/s1. The molecule has 10 nitrogen and oxygen atoms in total. The first-order chi connectivity index (χ1) is 21.5. The Labute approximate surface area is 260 Å². The summed E-state index contributed by atoms with van der Waals surface area (Å²) in [6.45, 7) is 3.14. The summed E-state index contributed by atoms with van der Waals surface area (Å²) in [4.78, 5) is 36.2. The largest absolute Gasteiger partial charge is 0.391 e. The van der Waals surface area contributed by atoms with Gasteiger partial charge in [0.15, 0.2) is 11.5 Å². The smallest absolute Gasteiger partial charge is 0.358 e. The van der Waals surface area contributed by atoms with E-state index >= 15 is 0 Å². The normalized spacial score (nSPS) is 34.1. The van der Waals surface area contributed by atoms with Crippen molar-refractivity contribution in [3.8, 4) is 0 Å². The highest BCUT2D eigenvalue weighted by Gasteiger charge is 2.74. The van der Waals surface area contributed by atoms with Crippen LogP contribution in [0.25, 0.3) is 6.08 Å². The number of piperidine rings is 1. The van der Waals surface area contributed by atoms with Crippen molar-refractivity contribution in [2.24, 2.45) is 17.3 Å². The fourth-order valence-corrected chi connectivity index (χ4v) is 8.24. The third kappa shape index (κ3) is 5.15. The lowest BCUT2D eigenvalue weighted by molar-refractivity contribution is -0.230. The molecule has 0 spiro atoms. The summed E-state index contributed by atoms with van der Waals surface area (Å²) in [7, 11) is 0. The van der Waals surface area contributed by atoms with E-state index in [0.717, 1.165) is 0 Å². The lowest BCUT2D eigenvalue weighted by atomic mass is 9.41. The topological polar surface area (TPSA) is 129 Å². The van der Waals surface area contributed by atoms with Crippen LogP contribution in [-0.2, 0) is 4.79 Å². The number of amides is 2. The maximum absolute atomic E-state index is 14.3. The van der Waals surface area contributed by atoms with Gasteiger partial charge in [-0.3, -0.25) is 9.59 Å². The zero-order valence-corrected chi connectivity index (χ0v) is 25.3. The summed E-state index contributed by atoms with van der Waals surface area (Å²) in [5, 5.41) is 13.4. The molecule has 2 amide bonds. The third-order valence-corrected chi connectivity index (χ3v) is 10.9. The minimum absolute atomic E-state index is 0.0586. The summed E-state index contributed by atoms with van der Waals surface area (Å²) in [6.07, 6.45) is -1.87. The van der Waals surface area contributed by atoms with Crippen molar-refractivity contribution in [3.63, 3.8) is 0 Å². The van der Waals surface area contributed by atoms with E-state index in [0.29, 0.717) is 5.69 Å². The van der Waals surface area contributed by atoms with E-state index in [1.165, 1.54) is 11.8 Å². The molecule has 2 aromatic heterocycles. The molecular weight excluding hydrogens is 620 g/mol. The number of carbonyl (C=O) groups excluding carboxylic acids is 2. The second kappa shape index (κ2) is 10.2. The van der Waals surface area contributed by atoms with Gasteiger partial charge in [0.1, 0.15) is 17.2 Å². The Balaban J connectivity index is 1.17. The molecule has 2 bridgehead atoms. The van der Waals surface area contributed by atoms with Crippen molar-refractivity contribution in [1.29, 1.82) is 0 Å². The number of H-pyrrole nitrogens is 1. The average Bonchev–Trinajstić information content (AvgIpc) is 3.58. The number of anilines is 1. The number of rotatable bonds is 6. The predicted octanol–water partition coefficient (Wildman–Crippen LogP) is 5.66. The van der Waals surface area contributed by atoms with Crippen LogP contribution in [0.2, 0.25) is 0 Å². The number of carbonyl (C=O) groups is 2. The molecule has 4 heterocycles. The average molecular weight is 656 g/mol. The number of aromatic amines is 1. The van der Waals surface area contributed by atoms with Crippen molar-refractivity contribution in [2.75, 3.05) is 11.9 Å². The fraction of sp³-hybridized carbons (Fsp3) is 0.700. The molecule has 46 heavy (non-hydrogen) atoms. The number of hydrogen-bond donors (Lipinski definition) is 3. The number of alkyl halides is 6. The number of aromatic nitrogens is 4. The van der Waals surface area contributed by atoms with Crippen LogP contribution in [0.15, 0.2) is 10.7 Å². The molecule has 2 aliphatic heterocycles. The van der Waals surface area contributed by atoms with Gasteiger partial charge in [0, 0.05) is 19.4 Å². The summed E-state index contributed by atoms with van der Waals surface area (Å²) < 4.78 is 89.1. The van der Waals surface area contributed by atoms with E-state index in [9.17, 15) is 35.9 Å². The van der Waals surface area contributed by atoms with Gasteiger partial charge in [-0.1, -0.05) is 11.2 Å². The highest BCUT2D eigenvalue weighted by atomic mass is 19.4. The Hall–Kier alpha value is -3.59. The van der Waals surface area contributed by atoms with Crippen LogP contribution in [0.3, 0.4) is 0 Å². The molecule has 1 saturated heterocycles. The van der Waals surface area contributed by atoms with Crippen LogP contribution in [0.1, 0.15) is 98.5 Å². The quantitative estimate of drug-likeness (QED) is 0.343. The van der Waals surface area contributed by atoms with Crippen molar-refractivity contribution < 1.29 is 40.6 Å². The molecular formula is C30H35F6N7O3. The molecule has 3 N–H and O–H groups in total. The molecule has 0 radical (unpaired) electrons. The molecule has 0 aromatic carbocycles. The summed E-state index contributed by atoms with van der Waals surface area (Å²) in [5.41, 5.74) is -2.70. The number of halogens is 6. The van der Waals surface area contributed by atoms with E-state index in [2.05, 4.69) is 35.5 Å². The molecule has 4 aliphatic carbocycles. The van der Waals surface area contributed by atoms with E-state index in [1.807, 2.05) is 0 Å². The Morgan fingerprint density at radius 2 is 1.80 bits per heavy atom. The Bertz CT molecular complexity index is 1560. The first kappa shape index (κ1) is 31.0. The molecule has 4 saturated carbocycles.